The molecule has 0 aliphatic carbocycles. The summed E-state index contributed by atoms with van der Waals surface area (Å²) in [5, 5.41) is 11.3. The molecule has 3 nitrogen and oxygen atoms in total. The monoisotopic (exact) mass is 233 g/mol. The largest absolute Gasteiger partial charge is 0.364 e. The summed E-state index contributed by atoms with van der Waals surface area (Å²) in [5.41, 5.74) is 2.30. The van der Waals surface area contributed by atoms with E-state index >= 15 is 0 Å². The molecule has 0 amide bonds. The second-order valence-electron chi connectivity index (χ2n) is 3.87. The predicted octanol–water partition coefficient (Wildman–Crippen LogP) is 3.08. The Balaban J connectivity index is 1.99. The molecular weight excluding hydrogens is 218 g/mol. The van der Waals surface area contributed by atoms with Crippen molar-refractivity contribution in [2.45, 2.75) is 27.3 Å². The number of aromatic nitrogens is 2. The first-order valence-corrected chi connectivity index (χ1v) is 6.07. The summed E-state index contributed by atoms with van der Waals surface area (Å²) in [6, 6.07) is 6.13. The van der Waals surface area contributed by atoms with E-state index in [-0.39, 0.29) is 0 Å². The van der Waals surface area contributed by atoms with Crippen LogP contribution in [0.1, 0.15) is 21.0 Å². The van der Waals surface area contributed by atoms with Crippen molar-refractivity contribution in [3.8, 4) is 0 Å². The molecule has 2 heterocycles. The van der Waals surface area contributed by atoms with Crippen LogP contribution in [0.3, 0.4) is 0 Å². The summed E-state index contributed by atoms with van der Waals surface area (Å²) >= 11 is 1.83. The summed E-state index contributed by atoms with van der Waals surface area (Å²) in [6.07, 6.45) is 0. The fraction of sp³-hybridized carbons (Fsp3) is 0.333. The van der Waals surface area contributed by atoms with E-state index < -0.39 is 0 Å². The van der Waals surface area contributed by atoms with Gasteiger partial charge in [-0.2, -0.15) is 5.10 Å². The Morgan fingerprint density at radius 2 is 2.00 bits per heavy atom. The van der Waals surface area contributed by atoms with Gasteiger partial charge in [0.05, 0.1) is 12.2 Å². The minimum absolute atomic E-state index is 0.817. The molecule has 0 saturated heterocycles. The first kappa shape index (κ1) is 11.1. The van der Waals surface area contributed by atoms with Gasteiger partial charge < -0.3 is 5.32 Å². The molecule has 0 aromatic carbocycles. The molecule has 84 valence electrons. The zero-order valence-electron chi connectivity index (χ0n) is 9.74. The molecule has 0 saturated carbocycles. The second kappa shape index (κ2) is 4.61. The molecule has 0 aliphatic heterocycles. The molecule has 2 aromatic heterocycles. The van der Waals surface area contributed by atoms with E-state index in [1.807, 2.05) is 30.4 Å². The Kier molecular flexibility index (Phi) is 3.19. The maximum Gasteiger partial charge on any atom is 0.148 e. The highest BCUT2D eigenvalue weighted by atomic mass is 32.1. The summed E-state index contributed by atoms with van der Waals surface area (Å²) in [6.45, 7) is 7.04. The second-order valence-corrected chi connectivity index (χ2v) is 5.21. The molecule has 2 aromatic rings. The third-order valence-corrected chi connectivity index (χ3v) is 3.61. The molecule has 1 N–H and O–H groups in total. The third-order valence-electron chi connectivity index (χ3n) is 2.46. The number of nitrogens with one attached hydrogen (secondary N) is 1. The van der Waals surface area contributed by atoms with E-state index in [0.29, 0.717) is 0 Å². The number of rotatable bonds is 3. The summed E-state index contributed by atoms with van der Waals surface area (Å²) in [4.78, 5) is 2.71. The predicted molar refractivity (Wildman–Crippen MR) is 67.9 cm³/mol. The van der Waals surface area contributed by atoms with Crippen LogP contribution in [0.5, 0.6) is 0 Å². The fourth-order valence-corrected chi connectivity index (χ4v) is 2.40. The molecule has 0 fully saturated rings. The van der Waals surface area contributed by atoms with Crippen LogP contribution in [-0.2, 0) is 6.54 Å². The lowest BCUT2D eigenvalue weighted by Gasteiger charge is -2.02. The van der Waals surface area contributed by atoms with Crippen molar-refractivity contribution in [1.82, 2.24) is 10.2 Å². The first-order chi connectivity index (χ1) is 7.65. The number of hydrogen-bond donors (Lipinski definition) is 1. The Labute approximate surface area is 99.5 Å². The van der Waals surface area contributed by atoms with E-state index in [1.54, 1.807) is 0 Å². The van der Waals surface area contributed by atoms with Crippen molar-refractivity contribution >= 4 is 17.2 Å². The minimum atomic E-state index is 0.817. The van der Waals surface area contributed by atoms with Crippen LogP contribution in [0.2, 0.25) is 0 Å². The normalized spacial score (nSPS) is 10.4. The van der Waals surface area contributed by atoms with Crippen molar-refractivity contribution in [1.29, 1.82) is 0 Å². The average Bonchev–Trinajstić information content (AvgIpc) is 2.58. The maximum atomic E-state index is 4.07. The summed E-state index contributed by atoms with van der Waals surface area (Å²) < 4.78 is 0. The number of nitrogens with zero attached hydrogens (tertiary/aromatic N) is 2. The molecule has 0 radical (unpaired) electrons. The molecule has 4 heteroatoms. The van der Waals surface area contributed by atoms with Crippen LogP contribution in [0.4, 0.5) is 5.82 Å². The number of hydrogen-bond acceptors (Lipinski definition) is 4. The van der Waals surface area contributed by atoms with Gasteiger partial charge in [0.25, 0.3) is 0 Å². The highest BCUT2D eigenvalue weighted by molar-refractivity contribution is 7.12. The zero-order chi connectivity index (χ0) is 11.5. The fourth-order valence-electron chi connectivity index (χ4n) is 1.41. The number of anilines is 1. The smallest absolute Gasteiger partial charge is 0.148 e. The molecule has 0 aliphatic rings. The summed E-state index contributed by atoms with van der Waals surface area (Å²) in [5.74, 6) is 0.828. The standard InChI is InChI=1S/C12H15N3S/c1-8-6-11(16-10(8)3)7-13-12-5-4-9(2)14-15-12/h4-6H,7H2,1-3H3,(H,13,15). The van der Waals surface area contributed by atoms with Crippen molar-refractivity contribution in [2.75, 3.05) is 5.32 Å². The Bertz CT molecular complexity index is 454. The van der Waals surface area contributed by atoms with Crippen molar-refractivity contribution < 1.29 is 0 Å². The molecule has 0 spiro atoms. The molecule has 16 heavy (non-hydrogen) atoms. The summed E-state index contributed by atoms with van der Waals surface area (Å²) in [7, 11) is 0. The lowest BCUT2D eigenvalue weighted by atomic mass is 10.3. The first-order valence-electron chi connectivity index (χ1n) is 5.25. The van der Waals surface area contributed by atoms with Crippen LogP contribution >= 0.6 is 11.3 Å². The zero-order valence-corrected chi connectivity index (χ0v) is 10.6. The van der Waals surface area contributed by atoms with Gasteiger partial charge in [-0.25, -0.2) is 0 Å². The number of aryl methyl sites for hydroxylation is 3. The van der Waals surface area contributed by atoms with Gasteiger partial charge in [0.2, 0.25) is 0 Å². The average molecular weight is 233 g/mol. The Hall–Kier alpha value is -1.42. The van der Waals surface area contributed by atoms with Gasteiger partial charge in [0.15, 0.2) is 0 Å². The topological polar surface area (TPSA) is 37.8 Å². The highest BCUT2D eigenvalue weighted by Gasteiger charge is 2.01. The maximum absolute atomic E-state index is 4.07. The lowest BCUT2D eigenvalue weighted by molar-refractivity contribution is 0.966. The molecule has 0 unspecified atom stereocenters. The molecule has 0 atom stereocenters. The van der Waals surface area contributed by atoms with Gasteiger partial charge in [-0.15, -0.1) is 16.4 Å². The van der Waals surface area contributed by atoms with Gasteiger partial charge in [0, 0.05) is 9.75 Å². The Morgan fingerprint density at radius 1 is 1.19 bits per heavy atom. The third kappa shape index (κ3) is 2.58. The van der Waals surface area contributed by atoms with Crippen LogP contribution in [0, 0.1) is 20.8 Å². The lowest BCUT2D eigenvalue weighted by Crippen LogP contribution is -2.01. The van der Waals surface area contributed by atoms with E-state index in [9.17, 15) is 0 Å². The molecular formula is C12H15N3S. The van der Waals surface area contributed by atoms with Gasteiger partial charge >= 0.3 is 0 Å². The van der Waals surface area contributed by atoms with E-state index in [0.717, 1.165) is 18.1 Å². The molecule has 0 bridgehead atoms. The molecule has 2 rings (SSSR count). The van der Waals surface area contributed by atoms with Crippen LogP contribution in [-0.4, -0.2) is 10.2 Å². The van der Waals surface area contributed by atoms with E-state index in [4.69, 9.17) is 0 Å². The van der Waals surface area contributed by atoms with Crippen molar-refractivity contribution in [3.05, 3.63) is 39.2 Å². The van der Waals surface area contributed by atoms with E-state index in [1.165, 1.54) is 15.3 Å². The van der Waals surface area contributed by atoms with E-state index in [2.05, 4.69) is 35.4 Å². The highest BCUT2D eigenvalue weighted by Crippen LogP contribution is 2.21. The SMILES string of the molecule is Cc1ccc(NCc2cc(C)c(C)s2)nn1. The van der Waals surface area contributed by atoms with Crippen molar-refractivity contribution in [3.63, 3.8) is 0 Å². The van der Waals surface area contributed by atoms with Crippen LogP contribution in [0.25, 0.3) is 0 Å². The number of thiophene rings is 1. The van der Waals surface area contributed by atoms with Gasteiger partial charge in [0.1, 0.15) is 5.82 Å². The van der Waals surface area contributed by atoms with Gasteiger partial charge in [-0.3, -0.25) is 0 Å². The quantitative estimate of drug-likeness (QED) is 0.885. The van der Waals surface area contributed by atoms with Gasteiger partial charge in [-0.05, 0) is 44.5 Å². The Morgan fingerprint density at radius 3 is 2.56 bits per heavy atom. The van der Waals surface area contributed by atoms with Crippen LogP contribution in [0.15, 0.2) is 18.2 Å². The van der Waals surface area contributed by atoms with Gasteiger partial charge in [-0.1, -0.05) is 0 Å². The van der Waals surface area contributed by atoms with Crippen molar-refractivity contribution in [2.24, 2.45) is 0 Å². The van der Waals surface area contributed by atoms with Crippen LogP contribution < -0.4 is 5.32 Å². The minimum Gasteiger partial charge on any atom is -0.364 e.